The van der Waals surface area contributed by atoms with Gasteiger partial charge in [-0.3, -0.25) is 19.7 Å². The van der Waals surface area contributed by atoms with E-state index in [9.17, 15) is 19.7 Å². The number of hydrazone groups is 1. The first kappa shape index (κ1) is 18.6. The highest BCUT2D eigenvalue weighted by atomic mass is 16.6. The molecule has 0 saturated carbocycles. The molecule has 9 nitrogen and oxygen atoms in total. The van der Waals surface area contributed by atoms with Gasteiger partial charge in [0, 0.05) is 17.7 Å². The number of rotatable bonds is 6. The lowest BCUT2D eigenvalue weighted by Crippen LogP contribution is -2.32. The van der Waals surface area contributed by atoms with Gasteiger partial charge in [0.25, 0.3) is 5.69 Å². The van der Waals surface area contributed by atoms with Gasteiger partial charge in [0.05, 0.1) is 23.4 Å². The van der Waals surface area contributed by atoms with Gasteiger partial charge in [-0.05, 0) is 19.1 Å². The largest absolute Gasteiger partial charge is 0.492 e. The summed E-state index contributed by atoms with van der Waals surface area (Å²) in [6.45, 7) is 2.21. The Labute approximate surface area is 148 Å². The molecule has 0 bridgehead atoms. The highest BCUT2D eigenvalue weighted by Gasteiger charge is 2.15. The van der Waals surface area contributed by atoms with E-state index in [0.29, 0.717) is 23.6 Å². The summed E-state index contributed by atoms with van der Waals surface area (Å²) in [4.78, 5) is 33.9. The minimum Gasteiger partial charge on any atom is -0.492 e. The van der Waals surface area contributed by atoms with E-state index < -0.39 is 16.7 Å². The third kappa shape index (κ3) is 5.13. The maximum absolute atomic E-state index is 11.9. The zero-order valence-electron chi connectivity index (χ0n) is 13.8. The standard InChI is InChI=1S/C17H16N4O5/c1-2-26-15-9-4-3-8-14(15)19-16(22)17(23)20-18-11-12-6-5-7-13(10-12)21(24)25/h3-11H,2H2,1H3,(H,19,22)(H,20,23)/b18-11-. The van der Waals surface area contributed by atoms with Crippen LogP contribution >= 0.6 is 0 Å². The van der Waals surface area contributed by atoms with Crippen molar-refractivity contribution in [3.05, 3.63) is 64.2 Å². The number of non-ortho nitro benzene ring substituents is 1. The summed E-state index contributed by atoms with van der Waals surface area (Å²) in [6.07, 6.45) is 1.20. The average molecular weight is 356 g/mol. The molecular formula is C17H16N4O5. The molecule has 0 aliphatic rings. The zero-order valence-corrected chi connectivity index (χ0v) is 13.8. The smallest absolute Gasteiger partial charge is 0.329 e. The molecule has 2 aromatic rings. The maximum Gasteiger partial charge on any atom is 0.329 e. The van der Waals surface area contributed by atoms with Crippen LogP contribution in [0.3, 0.4) is 0 Å². The normalized spacial score (nSPS) is 10.3. The van der Waals surface area contributed by atoms with E-state index in [1.165, 1.54) is 24.4 Å². The van der Waals surface area contributed by atoms with Crippen LogP contribution in [-0.2, 0) is 9.59 Å². The van der Waals surface area contributed by atoms with Crippen LogP contribution in [-0.4, -0.2) is 29.6 Å². The van der Waals surface area contributed by atoms with E-state index in [2.05, 4.69) is 15.8 Å². The SMILES string of the molecule is CCOc1ccccc1NC(=O)C(=O)N/N=C\c1cccc([N+](=O)[O-])c1. The van der Waals surface area contributed by atoms with Crippen molar-refractivity contribution in [2.24, 2.45) is 5.10 Å². The van der Waals surface area contributed by atoms with Gasteiger partial charge in [-0.1, -0.05) is 24.3 Å². The summed E-state index contributed by atoms with van der Waals surface area (Å²) in [6, 6.07) is 12.4. The summed E-state index contributed by atoms with van der Waals surface area (Å²) in [5, 5.41) is 16.8. The number of anilines is 1. The number of hydrogen-bond donors (Lipinski definition) is 2. The number of carbonyl (C=O) groups is 2. The van der Waals surface area contributed by atoms with E-state index in [4.69, 9.17) is 4.74 Å². The highest BCUT2D eigenvalue weighted by molar-refractivity contribution is 6.39. The number of ether oxygens (including phenoxy) is 1. The van der Waals surface area contributed by atoms with Crippen molar-refractivity contribution in [2.45, 2.75) is 6.92 Å². The number of para-hydroxylation sites is 2. The lowest BCUT2D eigenvalue weighted by atomic mass is 10.2. The molecule has 0 spiro atoms. The van der Waals surface area contributed by atoms with Crippen molar-refractivity contribution < 1.29 is 19.2 Å². The Hall–Kier alpha value is -3.75. The minimum absolute atomic E-state index is 0.106. The monoisotopic (exact) mass is 356 g/mol. The Morgan fingerprint density at radius 2 is 1.96 bits per heavy atom. The number of benzene rings is 2. The lowest BCUT2D eigenvalue weighted by molar-refractivity contribution is -0.384. The summed E-state index contributed by atoms with van der Waals surface area (Å²) < 4.78 is 5.36. The first-order chi connectivity index (χ1) is 12.5. The minimum atomic E-state index is -0.988. The van der Waals surface area contributed by atoms with E-state index in [0.717, 1.165) is 0 Å². The van der Waals surface area contributed by atoms with Gasteiger partial charge in [-0.25, -0.2) is 5.43 Å². The Morgan fingerprint density at radius 1 is 1.19 bits per heavy atom. The van der Waals surface area contributed by atoms with Gasteiger partial charge in [0.2, 0.25) is 0 Å². The van der Waals surface area contributed by atoms with Gasteiger partial charge in [-0.2, -0.15) is 5.10 Å². The molecule has 2 rings (SSSR count). The highest BCUT2D eigenvalue weighted by Crippen LogP contribution is 2.23. The van der Waals surface area contributed by atoms with Crippen LogP contribution in [0.15, 0.2) is 53.6 Å². The van der Waals surface area contributed by atoms with Crippen molar-refractivity contribution >= 4 is 29.4 Å². The Kier molecular flexibility index (Phi) is 6.38. The first-order valence-corrected chi connectivity index (χ1v) is 7.62. The molecule has 2 aromatic carbocycles. The lowest BCUT2D eigenvalue weighted by Gasteiger charge is -2.10. The number of nitrogens with zero attached hydrogens (tertiary/aromatic N) is 2. The van der Waals surface area contributed by atoms with E-state index in [1.54, 1.807) is 37.3 Å². The van der Waals surface area contributed by atoms with Crippen LogP contribution in [0.25, 0.3) is 0 Å². The molecule has 2 amide bonds. The van der Waals surface area contributed by atoms with E-state index in [-0.39, 0.29) is 5.69 Å². The molecule has 0 fully saturated rings. The van der Waals surface area contributed by atoms with Crippen molar-refractivity contribution in [2.75, 3.05) is 11.9 Å². The topological polar surface area (TPSA) is 123 Å². The Balaban J connectivity index is 1.96. The molecule has 134 valence electrons. The summed E-state index contributed by atoms with van der Waals surface area (Å²) >= 11 is 0. The summed E-state index contributed by atoms with van der Waals surface area (Å²) in [5.74, 6) is -1.47. The van der Waals surface area contributed by atoms with Crippen molar-refractivity contribution in [1.82, 2.24) is 5.43 Å². The van der Waals surface area contributed by atoms with E-state index in [1.807, 2.05) is 0 Å². The van der Waals surface area contributed by atoms with Gasteiger partial charge < -0.3 is 10.1 Å². The second kappa shape index (κ2) is 8.92. The third-order valence-electron chi connectivity index (χ3n) is 3.10. The fraction of sp³-hybridized carbons (Fsp3) is 0.118. The van der Waals surface area contributed by atoms with Crippen LogP contribution in [0, 0.1) is 10.1 Å². The van der Waals surface area contributed by atoms with Crippen molar-refractivity contribution in [1.29, 1.82) is 0 Å². The maximum atomic E-state index is 11.9. The van der Waals surface area contributed by atoms with Crippen molar-refractivity contribution in [3.63, 3.8) is 0 Å². The van der Waals surface area contributed by atoms with Gasteiger partial charge in [-0.15, -0.1) is 0 Å². The number of carbonyl (C=O) groups excluding carboxylic acids is 2. The molecule has 0 heterocycles. The van der Waals surface area contributed by atoms with Crippen LogP contribution < -0.4 is 15.5 Å². The quantitative estimate of drug-likeness (QED) is 0.355. The van der Waals surface area contributed by atoms with Crippen LogP contribution in [0.1, 0.15) is 12.5 Å². The summed E-state index contributed by atoms with van der Waals surface area (Å²) in [5.41, 5.74) is 2.72. The zero-order chi connectivity index (χ0) is 18.9. The molecule has 9 heteroatoms. The predicted octanol–water partition coefficient (Wildman–Crippen LogP) is 2.08. The molecule has 0 unspecified atom stereocenters. The second-order valence-electron chi connectivity index (χ2n) is 4.93. The van der Waals surface area contributed by atoms with Crippen LogP contribution in [0.5, 0.6) is 5.75 Å². The number of nitro groups is 1. The molecular weight excluding hydrogens is 340 g/mol. The molecule has 0 aromatic heterocycles. The molecule has 0 radical (unpaired) electrons. The van der Waals surface area contributed by atoms with Gasteiger partial charge >= 0.3 is 11.8 Å². The van der Waals surface area contributed by atoms with E-state index >= 15 is 0 Å². The third-order valence-corrected chi connectivity index (χ3v) is 3.10. The number of nitro benzene ring substituents is 1. The van der Waals surface area contributed by atoms with Crippen LogP contribution in [0.2, 0.25) is 0 Å². The molecule has 26 heavy (non-hydrogen) atoms. The molecule has 0 saturated heterocycles. The number of amides is 2. The molecule has 0 atom stereocenters. The summed E-state index contributed by atoms with van der Waals surface area (Å²) in [7, 11) is 0. The van der Waals surface area contributed by atoms with Crippen LogP contribution in [0.4, 0.5) is 11.4 Å². The Morgan fingerprint density at radius 3 is 2.69 bits per heavy atom. The molecule has 0 aliphatic carbocycles. The first-order valence-electron chi connectivity index (χ1n) is 7.62. The number of nitrogens with one attached hydrogen (secondary N) is 2. The Bertz CT molecular complexity index is 851. The fourth-order valence-corrected chi connectivity index (χ4v) is 1.97. The predicted molar refractivity (Wildman–Crippen MR) is 95.1 cm³/mol. The van der Waals surface area contributed by atoms with Gasteiger partial charge in [0.15, 0.2) is 0 Å². The van der Waals surface area contributed by atoms with Crippen molar-refractivity contribution in [3.8, 4) is 5.75 Å². The fourth-order valence-electron chi connectivity index (χ4n) is 1.97. The second-order valence-corrected chi connectivity index (χ2v) is 4.93. The molecule has 0 aliphatic heterocycles. The van der Waals surface area contributed by atoms with Gasteiger partial charge in [0.1, 0.15) is 5.75 Å². The molecule has 2 N–H and O–H groups in total. The average Bonchev–Trinajstić information content (AvgIpc) is 2.63. The number of hydrogen-bond acceptors (Lipinski definition) is 6.